The van der Waals surface area contributed by atoms with Crippen LogP contribution in [0.2, 0.25) is 10.0 Å². The topological polar surface area (TPSA) is 127 Å². The van der Waals surface area contributed by atoms with Crippen molar-refractivity contribution < 1.29 is 56.2 Å². The van der Waals surface area contributed by atoms with Crippen LogP contribution in [-0.2, 0) is 30.2 Å². The first kappa shape index (κ1) is 41.1. The SMILES string of the molecule is O=C(COC(=O)c1cccc(NC(C(=O)O[C@H]2CN3CCC2CC3)c2ccc(F)cc2)c1)O[C@@H](Cc1c(Cl)c[nH+]cc1Cl)c1ccc(OC(F)F)c(OCC2CC2)c1. The van der Waals surface area contributed by atoms with Gasteiger partial charge in [0.15, 0.2) is 36.5 Å². The molecule has 3 aliphatic heterocycles. The number of hydrogen-bond donors (Lipinski definition) is 1. The number of aromatic amines is 1. The third kappa shape index (κ3) is 10.7. The first-order chi connectivity index (χ1) is 28.0. The van der Waals surface area contributed by atoms with Crippen molar-refractivity contribution in [1.29, 1.82) is 0 Å². The van der Waals surface area contributed by atoms with Gasteiger partial charge in [-0.3, -0.25) is 4.90 Å². The number of rotatable bonds is 17. The van der Waals surface area contributed by atoms with Crippen LogP contribution in [0.15, 0.2) is 79.1 Å². The highest BCUT2D eigenvalue weighted by Gasteiger charge is 2.38. The van der Waals surface area contributed by atoms with Gasteiger partial charge < -0.3 is 29.0 Å². The smallest absolute Gasteiger partial charge is 0.387 e. The maximum absolute atomic E-state index is 13.9. The average Bonchev–Trinajstić information content (AvgIpc) is 4.05. The Kier molecular flexibility index (Phi) is 13.2. The lowest BCUT2D eigenvalue weighted by molar-refractivity contribution is -0.377. The molecule has 3 aromatic carbocycles. The average molecular weight is 844 g/mol. The number of halogens is 5. The van der Waals surface area contributed by atoms with Gasteiger partial charge in [0.2, 0.25) is 0 Å². The fourth-order valence-corrected chi connectivity index (χ4v) is 7.64. The van der Waals surface area contributed by atoms with Gasteiger partial charge in [0, 0.05) is 24.2 Å². The van der Waals surface area contributed by atoms with E-state index >= 15 is 0 Å². The largest absolute Gasteiger partial charge is 0.489 e. The number of esters is 3. The van der Waals surface area contributed by atoms with Gasteiger partial charge in [-0.15, -0.1) is 0 Å². The summed E-state index contributed by atoms with van der Waals surface area (Å²) >= 11 is 12.9. The molecule has 0 radical (unpaired) electrons. The number of pyridine rings is 1. The van der Waals surface area contributed by atoms with E-state index < -0.39 is 49.1 Å². The molecule has 3 saturated heterocycles. The molecule has 2 bridgehead atoms. The molecule has 4 aliphatic rings. The minimum Gasteiger partial charge on any atom is -0.489 e. The Morgan fingerprint density at radius 2 is 1.62 bits per heavy atom. The monoisotopic (exact) mass is 842 g/mol. The molecule has 4 heterocycles. The number of piperidine rings is 3. The second-order valence-corrected chi connectivity index (χ2v) is 15.4. The summed E-state index contributed by atoms with van der Waals surface area (Å²) in [6.45, 7) is -0.993. The zero-order valence-corrected chi connectivity index (χ0v) is 32.7. The van der Waals surface area contributed by atoms with Crippen molar-refractivity contribution in [2.24, 2.45) is 11.8 Å². The van der Waals surface area contributed by atoms with Crippen LogP contribution in [0.5, 0.6) is 11.5 Å². The highest BCUT2D eigenvalue weighted by molar-refractivity contribution is 6.35. The molecule has 1 unspecified atom stereocenters. The van der Waals surface area contributed by atoms with Gasteiger partial charge >= 0.3 is 24.5 Å². The Labute approximate surface area is 342 Å². The molecule has 58 heavy (non-hydrogen) atoms. The number of aromatic nitrogens is 1. The minimum absolute atomic E-state index is 0.0336. The van der Waals surface area contributed by atoms with E-state index in [9.17, 15) is 27.6 Å². The number of carbonyl (C=O) groups is 3. The number of nitrogens with zero attached hydrogens (tertiary/aromatic N) is 1. The van der Waals surface area contributed by atoms with Crippen molar-refractivity contribution in [1.82, 2.24) is 4.90 Å². The van der Waals surface area contributed by atoms with Gasteiger partial charge in [-0.25, -0.2) is 23.8 Å². The van der Waals surface area contributed by atoms with Crippen molar-refractivity contribution in [3.05, 3.63) is 117 Å². The minimum atomic E-state index is -3.10. The fourth-order valence-electron chi connectivity index (χ4n) is 7.11. The maximum atomic E-state index is 13.9. The summed E-state index contributed by atoms with van der Waals surface area (Å²) in [7, 11) is 0. The number of H-pyrrole nitrogens is 1. The lowest BCUT2D eigenvalue weighted by atomic mass is 9.86. The molecule has 0 amide bonds. The number of fused-ring (bicyclic) bond motifs is 3. The molecule has 1 saturated carbocycles. The second kappa shape index (κ2) is 18.7. The number of carbonyl (C=O) groups excluding carboxylic acids is 3. The van der Waals surface area contributed by atoms with E-state index in [1.54, 1.807) is 12.1 Å². The van der Waals surface area contributed by atoms with Gasteiger partial charge in [0.25, 0.3) is 0 Å². The van der Waals surface area contributed by atoms with Crippen LogP contribution in [0.4, 0.5) is 18.9 Å². The summed E-state index contributed by atoms with van der Waals surface area (Å²) in [6, 6.07) is 14.8. The van der Waals surface area contributed by atoms with Crippen LogP contribution in [0.25, 0.3) is 0 Å². The molecule has 2 N–H and O–H groups in total. The third-order valence-corrected chi connectivity index (χ3v) is 11.1. The summed E-state index contributed by atoms with van der Waals surface area (Å²) in [5, 5.41) is 3.64. The highest BCUT2D eigenvalue weighted by atomic mass is 35.5. The van der Waals surface area contributed by atoms with Gasteiger partial charge in [0.05, 0.1) is 12.2 Å². The zero-order valence-electron chi connectivity index (χ0n) is 31.1. The summed E-state index contributed by atoms with van der Waals surface area (Å²) in [6.07, 6.45) is 5.43. The van der Waals surface area contributed by atoms with E-state index in [1.165, 1.54) is 67.0 Å². The van der Waals surface area contributed by atoms with Crippen LogP contribution < -0.4 is 19.8 Å². The molecular formula is C42H41Cl2F3N3O8+. The molecule has 11 nitrogen and oxygen atoms in total. The van der Waals surface area contributed by atoms with E-state index in [0.29, 0.717) is 41.4 Å². The van der Waals surface area contributed by atoms with Crippen molar-refractivity contribution in [2.75, 3.05) is 38.2 Å². The Morgan fingerprint density at radius 3 is 2.29 bits per heavy atom. The normalized spacial score (nSPS) is 19.5. The van der Waals surface area contributed by atoms with Gasteiger partial charge in [-0.05, 0) is 104 Å². The van der Waals surface area contributed by atoms with E-state index in [4.69, 9.17) is 42.1 Å². The molecule has 0 spiro atoms. The predicted octanol–water partition coefficient (Wildman–Crippen LogP) is 7.81. The van der Waals surface area contributed by atoms with Gasteiger partial charge in [0.1, 0.15) is 28.1 Å². The molecule has 16 heteroatoms. The standard InChI is InChI=1S/C42H40Cl2F3N3O8/c43-32-19-48-20-33(44)31(32)18-35(27-8-11-34(58-42(46)47)36(17-27)54-22-24-4-5-24)56-38(51)23-55-40(52)28-2-1-3-30(16-28)49-39(26-6-9-29(45)10-7-26)41(53)57-37-21-50-14-12-25(37)13-15-50/h1-3,6-11,16-17,19-20,24-25,35,37,39,42,49H,4-5,12-15,18,21-23H2/p+1/t35-,37-,39?/m0/s1. The van der Waals surface area contributed by atoms with Crippen LogP contribution >= 0.6 is 23.2 Å². The fraction of sp³-hybridized carbons (Fsp3) is 0.381. The lowest BCUT2D eigenvalue weighted by Gasteiger charge is -2.44. The van der Waals surface area contributed by atoms with Crippen LogP contribution in [0, 0.1) is 17.7 Å². The number of benzene rings is 3. The van der Waals surface area contributed by atoms with Crippen LogP contribution in [0.3, 0.4) is 0 Å². The summed E-state index contributed by atoms with van der Waals surface area (Å²) in [5.41, 5.74) is 1.68. The molecule has 1 aromatic heterocycles. The van der Waals surface area contributed by atoms with Gasteiger partial charge in [-0.1, -0.05) is 47.5 Å². The quantitative estimate of drug-likeness (QED) is 0.0831. The zero-order chi connectivity index (χ0) is 40.8. The van der Waals surface area contributed by atoms with Crippen molar-refractivity contribution in [3.63, 3.8) is 0 Å². The summed E-state index contributed by atoms with van der Waals surface area (Å²) in [5.74, 6) is -2.37. The van der Waals surface area contributed by atoms with Gasteiger partial charge in [-0.2, -0.15) is 8.78 Å². The highest BCUT2D eigenvalue weighted by Crippen LogP contribution is 2.38. The lowest BCUT2D eigenvalue weighted by Crippen LogP contribution is -2.52. The molecule has 4 fully saturated rings. The Hall–Kier alpha value is -5.05. The first-order valence-corrected chi connectivity index (χ1v) is 19.7. The molecule has 306 valence electrons. The third-order valence-electron chi connectivity index (χ3n) is 10.4. The molecule has 4 aromatic rings. The number of anilines is 1. The van der Waals surface area contributed by atoms with E-state index in [2.05, 4.69) is 19.9 Å². The summed E-state index contributed by atoms with van der Waals surface area (Å²) < 4.78 is 68.0. The van der Waals surface area contributed by atoms with Crippen molar-refractivity contribution >= 4 is 46.8 Å². The summed E-state index contributed by atoms with van der Waals surface area (Å²) in [4.78, 5) is 45.3. The Bertz CT molecular complexity index is 2080. The predicted molar refractivity (Wildman–Crippen MR) is 205 cm³/mol. The van der Waals surface area contributed by atoms with Crippen LogP contribution in [-0.4, -0.2) is 68.4 Å². The Balaban J connectivity index is 1.04. The molecule has 8 rings (SSSR count). The maximum Gasteiger partial charge on any atom is 0.387 e. The number of hydrogen-bond acceptors (Lipinski definition) is 10. The van der Waals surface area contributed by atoms with E-state index in [1.807, 2.05) is 0 Å². The number of nitrogens with one attached hydrogen (secondary N) is 2. The second-order valence-electron chi connectivity index (χ2n) is 14.6. The number of ether oxygens (including phenoxy) is 5. The molecular weight excluding hydrogens is 802 g/mol. The molecule has 3 atom stereocenters. The Morgan fingerprint density at radius 1 is 0.897 bits per heavy atom. The van der Waals surface area contributed by atoms with Crippen LogP contribution in [0.1, 0.15) is 64.9 Å². The van der Waals surface area contributed by atoms with E-state index in [0.717, 1.165) is 38.8 Å². The van der Waals surface area contributed by atoms with Crippen molar-refractivity contribution in [3.8, 4) is 11.5 Å². The van der Waals surface area contributed by atoms with E-state index in [-0.39, 0.29) is 45.6 Å². The number of alkyl halides is 2. The first-order valence-electron chi connectivity index (χ1n) is 19.0. The molecule has 1 aliphatic carbocycles. The van der Waals surface area contributed by atoms with Crippen molar-refractivity contribution in [2.45, 2.75) is 57.0 Å².